The van der Waals surface area contributed by atoms with Crippen LogP contribution < -0.4 is 20.7 Å². The molecule has 0 bridgehead atoms. The summed E-state index contributed by atoms with van der Waals surface area (Å²) in [7, 11) is -3.15. The highest BCUT2D eigenvalue weighted by Crippen LogP contribution is 2.05. The molecule has 0 atom stereocenters. The van der Waals surface area contributed by atoms with Gasteiger partial charge in [0.2, 0.25) is 0 Å². The van der Waals surface area contributed by atoms with Gasteiger partial charge in [-0.05, 0) is 48.5 Å². The minimum atomic E-state index is -1.58. The molecule has 0 aliphatic carbocycles. The summed E-state index contributed by atoms with van der Waals surface area (Å²) in [5.74, 6) is -1.35. The summed E-state index contributed by atoms with van der Waals surface area (Å²) in [6.07, 6.45) is 0. The van der Waals surface area contributed by atoms with Gasteiger partial charge in [0.05, 0.1) is 0 Å². The number of hydrogen-bond acceptors (Lipinski definition) is 0. The molecule has 4 aromatic rings. The summed E-state index contributed by atoms with van der Waals surface area (Å²) in [5.41, 5.74) is 0. The van der Waals surface area contributed by atoms with E-state index < -0.39 is 16.6 Å². The number of hydrogen-bond donors (Lipinski definition) is 0. The lowest BCUT2D eigenvalue weighted by Crippen LogP contribution is -2.65. The Morgan fingerprint density at radius 1 is 0.300 bits per heavy atom. The lowest BCUT2D eigenvalue weighted by atomic mass is 10.3. The summed E-state index contributed by atoms with van der Waals surface area (Å²) in [6, 6.07) is 25.4. The van der Waals surface area contributed by atoms with Crippen molar-refractivity contribution in [3.63, 3.8) is 0 Å². The Labute approximate surface area is 175 Å². The van der Waals surface area contributed by atoms with Gasteiger partial charge in [0, 0.05) is 0 Å². The maximum Gasteiger partial charge on any atom is 0.123 e. The molecule has 0 saturated heterocycles. The van der Waals surface area contributed by atoms with Crippen molar-refractivity contribution in [1.29, 1.82) is 0 Å². The first-order valence-corrected chi connectivity index (χ1v) is 13.3. The molecule has 0 saturated carbocycles. The monoisotopic (exact) mass is 436 g/mol. The van der Waals surface area contributed by atoms with Crippen LogP contribution >= 0.6 is 0 Å². The Morgan fingerprint density at radius 3 is 0.633 bits per heavy atom. The summed E-state index contributed by atoms with van der Waals surface area (Å²) >= 11 is 0. The minimum Gasteiger partial charge on any atom is -0.207 e. The zero-order valence-corrected chi connectivity index (χ0v) is 17.7. The zero-order chi connectivity index (χ0) is 21.1. The molecule has 4 aromatic carbocycles. The van der Waals surface area contributed by atoms with Crippen molar-refractivity contribution in [2.24, 2.45) is 0 Å². The van der Waals surface area contributed by atoms with Crippen molar-refractivity contribution < 1.29 is 17.6 Å². The Balaban J connectivity index is 1.93. The second-order valence-corrected chi connectivity index (χ2v) is 13.6. The molecule has 6 heteroatoms. The van der Waals surface area contributed by atoms with E-state index in [9.17, 15) is 17.6 Å². The smallest absolute Gasteiger partial charge is 0.123 e. The van der Waals surface area contributed by atoms with Crippen molar-refractivity contribution in [3.05, 3.63) is 120 Å². The molecule has 0 N–H and O–H groups in total. The van der Waals surface area contributed by atoms with Crippen molar-refractivity contribution in [1.82, 2.24) is 0 Å². The van der Waals surface area contributed by atoms with E-state index in [1.165, 1.54) is 48.5 Å². The second-order valence-electron chi connectivity index (χ2n) is 6.78. The molecule has 4 rings (SSSR count). The Hall–Kier alpha value is -2.97. The van der Waals surface area contributed by atoms with Crippen LogP contribution in [0.25, 0.3) is 0 Å². The van der Waals surface area contributed by atoms with E-state index in [2.05, 4.69) is 0 Å². The first-order chi connectivity index (χ1) is 14.5. The van der Waals surface area contributed by atoms with Gasteiger partial charge >= 0.3 is 0 Å². The Kier molecular flexibility index (Phi) is 5.96. The van der Waals surface area contributed by atoms with Gasteiger partial charge in [0.25, 0.3) is 0 Å². The van der Waals surface area contributed by atoms with E-state index >= 15 is 0 Å². The normalized spacial score (nSPS) is 11.3. The molecular formula is C24H16F4Si2. The van der Waals surface area contributed by atoms with Crippen molar-refractivity contribution in [3.8, 4) is 0 Å². The standard InChI is InChI=1S/C24H16F4Si2/c25-17-1-9-21(10-2-17)29(22-11-3-18(26)4-12-22)30(23-13-5-19(27)6-14-23)24-15-7-20(28)8-16-24/h1-16H. The fourth-order valence-electron chi connectivity index (χ4n) is 3.38. The summed E-state index contributed by atoms with van der Waals surface area (Å²) < 4.78 is 54.5. The van der Waals surface area contributed by atoms with Crippen LogP contribution in [-0.4, -0.2) is 16.6 Å². The summed E-state index contributed by atoms with van der Waals surface area (Å²) in [6.45, 7) is 0. The third kappa shape index (κ3) is 4.45. The van der Waals surface area contributed by atoms with Gasteiger partial charge in [-0.25, -0.2) is 17.6 Å². The highest BCUT2D eigenvalue weighted by molar-refractivity contribution is 7.42. The largest absolute Gasteiger partial charge is 0.207 e. The van der Waals surface area contributed by atoms with Gasteiger partial charge in [-0.1, -0.05) is 69.3 Å². The molecular weight excluding hydrogens is 420 g/mol. The molecule has 0 nitrogen and oxygen atoms in total. The van der Waals surface area contributed by atoms with Crippen molar-refractivity contribution in [2.75, 3.05) is 0 Å². The minimum absolute atomic E-state index is 0.337. The molecule has 0 amide bonds. The SMILES string of the molecule is Fc1ccc([Si](c2ccc(F)cc2)[Si](c2ccc(F)cc2)c2ccc(F)cc2)cc1. The highest BCUT2D eigenvalue weighted by Gasteiger charge is 2.32. The number of halogens is 4. The molecule has 0 unspecified atom stereocenters. The van der Waals surface area contributed by atoms with Gasteiger partial charge in [0.15, 0.2) is 0 Å². The van der Waals surface area contributed by atoms with Crippen LogP contribution in [0.3, 0.4) is 0 Å². The van der Waals surface area contributed by atoms with E-state index in [-0.39, 0.29) is 23.3 Å². The first-order valence-electron chi connectivity index (χ1n) is 9.29. The topological polar surface area (TPSA) is 0 Å². The number of rotatable bonds is 5. The van der Waals surface area contributed by atoms with E-state index in [0.717, 1.165) is 20.7 Å². The molecule has 0 aliphatic rings. The predicted octanol–water partition coefficient (Wildman–Crippen LogP) is 3.24. The molecule has 2 radical (unpaired) electrons. The third-order valence-electron chi connectivity index (χ3n) is 4.78. The highest BCUT2D eigenvalue weighted by atomic mass is 29.2. The van der Waals surface area contributed by atoms with Crippen LogP contribution in [0, 0.1) is 23.3 Å². The Morgan fingerprint density at radius 2 is 0.467 bits per heavy atom. The average Bonchev–Trinajstić information content (AvgIpc) is 2.75. The maximum absolute atomic E-state index is 13.6. The van der Waals surface area contributed by atoms with E-state index in [1.807, 2.05) is 0 Å². The lowest BCUT2D eigenvalue weighted by molar-refractivity contribution is 0.627. The molecule has 0 aliphatic heterocycles. The quantitative estimate of drug-likeness (QED) is 0.333. The predicted molar refractivity (Wildman–Crippen MR) is 116 cm³/mol. The van der Waals surface area contributed by atoms with Gasteiger partial charge in [-0.3, -0.25) is 0 Å². The molecule has 148 valence electrons. The van der Waals surface area contributed by atoms with E-state index in [0.29, 0.717) is 0 Å². The molecule has 30 heavy (non-hydrogen) atoms. The first kappa shape index (κ1) is 20.3. The van der Waals surface area contributed by atoms with Gasteiger partial charge in [0.1, 0.15) is 39.9 Å². The van der Waals surface area contributed by atoms with Crippen LogP contribution in [0.2, 0.25) is 0 Å². The Bertz CT molecular complexity index is 926. The fraction of sp³-hybridized carbons (Fsp3) is 0. The summed E-state index contributed by atoms with van der Waals surface area (Å²) in [4.78, 5) is 0. The molecule has 0 aromatic heterocycles. The van der Waals surface area contributed by atoms with Crippen LogP contribution in [0.5, 0.6) is 0 Å². The van der Waals surface area contributed by atoms with Crippen molar-refractivity contribution >= 4 is 37.4 Å². The summed E-state index contributed by atoms with van der Waals surface area (Å²) in [5, 5.41) is 3.82. The number of benzene rings is 4. The maximum atomic E-state index is 13.6. The average molecular weight is 437 g/mol. The second kappa shape index (κ2) is 8.81. The van der Waals surface area contributed by atoms with Crippen LogP contribution in [0.4, 0.5) is 17.6 Å². The van der Waals surface area contributed by atoms with Crippen LogP contribution in [-0.2, 0) is 0 Å². The van der Waals surface area contributed by atoms with Gasteiger partial charge in [-0.2, -0.15) is 0 Å². The van der Waals surface area contributed by atoms with E-state index in [4.69, 9.17) is 0 Å². The van der Waals surface area contributed by atoms with Crippen molar-refractivity contribution in [2.45, 2.75) is 0 Å². The third-order valence-corrected chi connectivity index (χ3v) is 13.9. The molecule has 0 heterocycles. The zero-order valence-electron chi connectivity index (χ0n) is 15.7. The van der Waals surface area contributed by atoms with Gasteiger partial charge in [-0.15, -0.1) is 0 Å². The molecule has 0 fully saturated rings. The fourth-order valence-corrected chi connectivity index (χ4v) is 12.7. The van der Waals surface area contributed by atoms with Crippen LogP contribution in [0.15, 0.2) is 97.1 Å². The van der Waals surface area contributed by atoms with E-state index in [1.54, 1.807) is 48.5 Å². The van der Waals surface area contributed by atoms with Gasteiger partial charge < -0.3 is 0 Å². The van der Waals surface area contributed by atoms with Crippen LogP contribution in [0.1, 0.15) is 0 Å². The lowest BCUT2D eigenvalue weighted by Gasteiger charge is -2.26. The molecule has 0 spiro atoms.